The van der Waals surface area contributed by atoms with Gasteiger partial charge < -0.3 is 9.47 Å². The monoisotopic (exact) mass is 355 g/mol. The van der Waals surface area contributed by atoms with Gasteiger partial charge in [-0.25, -0.2) is 4.79 Å². The van der Waals surface area contributed by atoms with E-state index in [4.69, 9.17) is 9.47 Å². The quantitative estimate of drug-likeness (QED) is 0.376. The molecule has 0 saturated heterocycles. The van der Waals surface area contributed by atoms with Crippen LogP contribution in [0.1, 0.15) is 10.4 Å². The van der Waals surface area contributed by atoms with Crippen LogP contribution in [0.4, 0.5) is 0 Å². The first-order valence-electron chi connectivity index (χ1n) is 8.55. The minimum Gasteiger partial charge on any atom is -0.497 e. The standard InChI is InChI=1S/C23H17NO3/c1-26-20-12-10-16(11-13-20)18-6-2-7-19(15-18)23(25)27-21-9-3-5-17-8-4-14-24-22(17)21/h2-15H,1H3. The van der Waals surface area contributed by atoms with Gasteiger partial charge >= 0.3 is 5.97 Å². The zero-order valence-corrected chi connectivity index (χ0v) is 14.8. The number of hydrogen-bond acceptors (Lipinski definition) is 4. The van der Waals surface area contributed by atoms with E-state index >= 15 is 0 Å². The lowest BCUT2D eigenvalue weighted by Crippen LogP contribution is -2.09. The maximum absolute atomic E-state index is 12.7. The molecule has 4 nitrogen and oxygen atoms in total. The highest BCUT2D eigenvalue weighted by Crippen LogP contribution is 2.26. The van der Waals surface area contributed by atoms with Gasteiger partial charge in [0.15, 0.2) is 5.75 Å². The zero-order valence-electron chi connectivity index (χ0n) is 14.8. The lowest BCUT2D eigenvalue weighted by Gasteiger charge is -2.09. The third-order valence-electron chi connectivity index (χ3n) is 4.32. The fraction of sp³-hybridized carbons (Fsp3) is 0.0435. The minimum absolute atomic E-state index is 0.413. The second-order valence-electron chi connectivity index (χ2n) is 6.03. The van der Waals surface area contributed by atoms with Gasteiger partial charge in [-0.1, -0.05) is 42.5 Å². The number of benzene rings is 3. The first kappa shape index (κ1) is 16.8. The highest BCUT2D eigenvalue weighted by molar-refractivity contribution is 5.95. The molecular formula is C23H17NO3. The molecule has 0 bridgehead atoms. The average Bonchev–Trinajstić information content (AvgIpc) is 2.74. The van der Waals surface area contributed by atoms with Gasteiger partial charge in [0.05, 0.1) is 12.7 Å². The van der Waals surface area contributed by atoms with Crippen molar-refractivity contribution < 1.29 is 14.3 Å². The van der Waals surface area contributed by atoms with Crippen molar-refractivity contribution >= 4 is 16.9 Å². The van der Waals surface area contributed by atoms with Crippen LogP contribution >= 0.6 is 0 Å². The number of pyridine rings is 1. The Bertz CT molecular complexity index is 1100. The Morgan fingerprint density at radius 1 is 0.852 bits per heavy atom. The maximum atomic E-state index is 12.7. The van der Waals surface area contributed by atoms with E-state index in [1.165, 1.54) is 0 Å². The van der Waals surface area contributed by atoms with Crippen LogP contribution in [0.5, 0.6) is 11.5 Å². The molecule has 1 aromatic heterocycles. The maximum Gasteiger partial charge on any atom is 0.343 e. The van der Waals surface area contributed by atoms with E-state index in [0.29, 0.717) is 16.8 Å². The van der Waals surface area contributed by atoms with Crippen molar-refractivity contribution in [2.75, 3.05) is 7.11 Å². The Balaban J connectivity index is 1.62. The van der Waals surface area contributed by atoms with E-state index < -0.39 is 5.97 Å². The molecule has 4 heteroatoms. The van der Waals surface area contributed by atoms with Crippen LogP contribution in [0.25, 0.3) is 22.0 Å². The number of fused-ring (bicyclic) bond motifs is 1. The molecule has 0 amide bonds. The highest BCUT2D eigenvalue weighted by Gasteiger charge is 2.12. The van der Waals surface area contributed by atoms with E-state index in [0.717, 1.165) is 22.3 Å². The summed E-state index contributed by atoms with van der Waals surface area (Å²) in [7, 11) is 1.63. The van der Waals surface area contributed by atoms with Gasteiger partial charge in [0.2, 0.25) is 0 Å². The first-order chi connectivity index (χ1) is 13.2. The molecule has 0 radical (unpaired) electrons. The molecule has 4 rings (SSSR count). The number of para-hydroxylation sites is 1. The summed E-state index contributed by atoms with van der Waals surface area (Å²) in [5.41, 5.74) is 3.08. The summed E-state index contributed by atoms with van der Waals surface area (Å²) in [6.45, 7) is 0. The largest absolute Gasteiger partial charge is 0.497 e. The van der Waals surface area contributed by atoms with Crippen LogP contribution < -0.4 is 9.47 Å². The number of hydrogen-bond donors (Lipinski definition) is 0. The van der Waals surface area contributed by atoms with Gasteiger partial charge in [-0.15, -0.1) is 0 Å². The topological polar surface area (TPSA) is 48.4 Å². The van der Waals surface area contributed by atoms with Crippen molar-refractivity contribution in [2.45, 2.75) is 0 Å². The zero-order chi connectivity index (χ0) is 18.6. The Kier molecular flexibility index (Phi) is 4.54. The summed E-state index contributed by atoms with van der Waals surface area (Å²) in [6, 6.07) is 24.4. The normalized spacial score (nSPS) is 10.6. The number of carbonyl (C=O) groups excluding carboxylic acids is 1. The second kappa shape index (κ2) is 7.30. The summed E-state index contributed by atoms with van der Waals surface area (Å²) in [6.07, 6.45) is 1.68. The summed E-state index contributed by atoms with van der Waals surface area (Å²) in [4.78, 5) is 17.0. The molecule has 0 N–H and O–H groups in total. The van der Waals surface area contributed by atoms with Crippen LogP contribution in [0.3, 0.4) is 0 Å². The van der Waals surface area contributed by atoms with Crippen LogP contribution in [0, 0.1) is 0 Å². The predicted molar refractivity (Wildman–Crippen MR) is 105 cm³/mol. The van der Waals surface area contributed by atoms with Gasteiger partial charge in [0.25, 0.3) is 0 Å². The second-order valence-corrected chi connectivity index (χ2v) is 6.03. The molecule has 4 aromatic rings. The van der Waals surface area contributed by atoms with Crippen molar-refractivity contribution in [2.24, 2.45) is 0 Å². The summed E-state index contributed by atoms with van der Waals surface area (Å²) in [5, 5.41) is 0.926. The molecule has 0 saturated carbocycles. The average molecular weight is 355 g/mol. The van der Waals surface area contributed by atoms with Crippen LogP contribution in [-0.2, 0) is 0 Å². The van der Waals surface area contributed by atoms with Gasteiger partial charge in [0.1, 0.15) is 11.3 Å². The molecule has 1 heterocycles. The number of esters is 1. The summed E-state index contributed by atoms with van der Waals surface area (Å²) >= 11 is 0. The lowest BCUT2D eigenvalue weighted by molar-refractivity contribution is 0.0737. The molecule has 3 aromatic carbocycles. The Hall–Kier alpha value is -3.66. The molecule has 0 fully saturated rings. The van der Waals surface area contributed by atoms with Crippen LogP contribution in [0.15, 0.2) is 85.1 Å². The van der Waals surface area contributed by atoms with Crippen LogP contribution in [-0.4, -0.2) is 18.1 Å². The molecule has 0 aliphatic carbocycles. The fourth-order valence-electron chi connectivity index (χ4n) is 2.93. The molecule has 0 aliphatic heterocycles. The number of ether oxygens (including phenoxy) is 2. The smallest absolute Gasteiger partial charge is 0.343 e. The van der Waals surface area contributed by atoms with E-state index in [1.54, 1.807) is 25.4 Å². The third kappa shape index (κ3) is 3.51. The molecule has 0 aliphatic rings. The SMILES string of the molecule is COc1ccc(-c2cccc(C(=O)Oc3cccc4cccnc34)c2)cc1. The van der Waals surface area contributed by atoms with Crippen molar-refractivity contribution in [3.8, 4) is 22.6 Å². The van der Waals surface area contributed by atoms with E-state index in [-0.39, 0.29) is 0 Å². The summed E-state index contributed by atoms with van der Waals surface area (Å²) < 4.78 is 10.8. The Morgan fingerprint density at radius 3 is 2.44 bits per heavy atom. The van der Waals surface area contributed by atoms with Crippen molar-refractivity contribution in [3.63, 3.8) is 0 Å². The van der Waals surface area contributed by atoms with Gasteiger partial charge in [-0.2, -0.15) is 0 Å². The molecule has 0 atom stereocenters. The summed E-state index contributed by atoms with van der Waals surface area (Å²) in [5.74, 6) is 0.828. The van der Waals surface area contributed by atoms with Crippen LogP contribution in [0.2, 0.25) is 0 Å². The minimum atomic E-state index is -0.413. The number of rotatable bonds is 4. The number of aromatic nitrogens is 1. The molecule has 27 heavy (non-hydrogen) atoms. The molecular weight excluding hydrogens is 338 g/mol. The van der Waals surface area contributed by atoms with Crippen molar-refractivity contribution in [3.05, 3.63) is 90.6 Å². The third-order valence-corrected chi connectivity index (χ3v) is 4.32. The molecule has 0 unspecified atom stereocenters. The molecule has 132 valence electrons. The van der Waals surface area contributed by atoms with Gasteiger partial charge in [0, 0.05) is 11.6 Å². The van der Waals surface area contributed by atoms with Gasteiger partial charge in [-0.05, 0) is 47.5 Å². The number of nitrogens with zero attached hydrogens (tertiary/aromatic N) is 1. The fourth-order valence-corrected chi connectivity index (χ4v) is 2.93. The van der Waals surface area contributed by atoms with Gasteiger partial charge in [-0.3, -0.25) is 4.98 Å². The number of methoxy groups -OCH3 is 1. The first-order valence-corrected chi connectivity index (χ1v) is 8.55. The van der Waals surface area contributed by atoms with E-state index in [9.17, 15) is 4.79 Å². The van der Waals surface area contributed by atoms with Crippen molar-refractivity contribution in [1.82, 2.24) is 4.98 Å². The number of carbonyl (C=O) groups is 1. The Morgan fingerprint density at radius 2 is 1.63 bits per heavy atom. The van der Waals surface area contributed by atoms with E-state index in [1.807, 2.05) is 66.7 Å². The Labute approximate surface area is 157 Å². The lowest BCUT2D eigenvalue weighted by atomic mass is 10.0. The highest BCUT2D eigenvalue weighted by atomic mass is 16.5. The van der Waals surface area contributed by atoms with Crippen molar-refractivity contribution in [1.29, 1.82) is 0 Å². The molecule has 0 spiro atoms. The predicted octanol–water partition coefficient (Wildman–Crippen LogP) is 5.13. The van der Waals surface area contributed by atoms with E-state index in [2.05, 4.69) is 4.98 Å².